The van der Waals surface area contributed by atoms with Crippen LogP contribution in [0.15, 0.2) is 48.5 Å². The molecule has 1 aromatic heterocycles. The molecule has 1 aliphatic rings. The van der Waals surface area contributed by atoms with Gasteiger partial charge in [0.15, 0.2) is 5.82 Å². The molecule has 0 atom stereocenters. The Morgan fingerprint density at radius 2 is 1.72 bits per heavy atom. The lowest BCUT2D eigenvalue weighted by Crippen LogP contribution is -2.48. The van der Waals surface area contributed by atoms with Crippen LogP contribution in [0.25, 0.3) is 11.4 Å². The molecule has 3 aromatic rings. The molecular formula is C25H26ClFN4O. The number of rotatable bonds is 5. The zero-order chi connectivity index (χ0) is 22.7. The van der Waals surface area contributed by atoms with Crippen LogP contribution >= 0.6 is 11.6 Å². The van der Waals surface area contributed by atoms with Gasteiger partial charge < -0.3 is 9.80 Å². The maximum absolute atomic E-state index is 14.6. The normalized spacial score (nSPS) is 14.0. The van der Waals surface area contributed by atoms with Gasteiger partial charge in [0.1, 0.15) is 11.6 Å². The molecule has 1 amide bonds. The number of carbonyl (C=O) groups excluding carboxylic acids is 1. The summed E-state index contributed by atoms with van der Waals surface area (Å²) >= 11 is 6.36. The predicted molar refractivity (Wildman–Crippen MR) is 126 cm³/mol. The fraction of sp³-hybridized carbons (Fsp3) is 0.320. The van der Waals surface area contributed by atoms with E-state index in [0.717, 1.165) is 22.6 Å². The molecule has 32 heavy (non-hydrogen) atoms. The van der Waals surface area contributed by atoms with E-state index in [1.54, 1.807) is 19.1 Å². The molecule has 0 unspecified atom stereocenters. The van der Waals surface area contributed by atoms with Gasteiger partial charge in [-0.25, -0.2) is 14.4 Å². The second-order valence-electron chi connectivity index (χ2n) is 7.89. The number of piperazine rings is 1. The van der Waals surface area contributed by atoms with Crippen molar-refractivity contribution in [3.8, 4) is 11.4 Å². The highest BCUT2D eigenvalue weighted by Crippen LogP contribution is 2.31. The molecule has 0 radical (unpaired) electrons. The average Bonchev–Trinajstić information content (AvgIpc) is 2.82. The summed E-state index contributed by atoms with van der Waals surface area (Å²) in [5.74, 6) is 1.18. The molecule has 166 valence electrons. The first kappa shape index (κ1) is 22.2. The maximum Gasteiger partial charge on any atom is 0.219 e. The molecule has 2 aromatic carbocycles. The lowest BCUT2D eigenvalue weighted by Gasteiger charge is -2.36. The number of aryl methyl sites for hydroxylation is 1. The van der Waals surface area contributed by atoms with E-state index >= 15 is 0 Å². The lowest BCUT2D eigenvalue weighted by atomic mass is 10.0. The van der Waals surface area contributed by atoms with Gasteiger partial charge >= 0.3 is 0 Å². The van der Waals surface area contributed by atoms with Crippen molar-refractivity contribution in [3.05, 3.63) is 76.2 Å². The van der Waals surface area contributed by atoms with Gasteiger partial charge in [-0.05, 0) is 18.6 Å². The van der Waals surface area contributed by atoms with Gasteiger partial charge in [-0.3, -0.25) is 4.79 Å². The van der Waals surface area contributed by atoms with Crippen molar-refractivity contribution in [2.75, 3.05) is 31.1 Å². The molecule has 7 heteroatoms. The zero-order valence-electron chi connectivity index (χ0n) is 18.3. The summed E-state index contributed by atoms with van der Waals surface area (Å²) in [6, 6.07) is 14.6. The van der Waals surface area contributed by atoms with E-state index in [0.29, 0.717) is 55.4 Å². The SMILES string of the molecule is CCc1nc(-c2ccccc2)nc(N2CCN(C(C)=O)CC2)c1Cc1c(F)cccc1Cl. The first-order chi connectivity index (χ1) is 15.5. The summed E-state index contributed by atoms with van der Waals surface area (Å²) in [6.07, 6.45) is 0.996. The van der Waals surface area contributed by atoms with E-state index < -0.39 is 0 Å². The van der Waals surface area contributed by atoms with Gasteiger partial charge in [0.2, 0.25) is 5.91 Å². The first-order valence-corrected chi connectivity index (χ1v) is 11.2. The number of hydrogen-bond donors (Lipinski definition) is 0. The molecule has 0 aliphatic carbocycles. The standard InChI is InChI=1S/C25H26ClFN4O/c1-3-23-20(16-19-21(26)10-7-11-22(19)27)25(31-14-12-30(13-15-31)17(2)32)29-24(28-23)18-8-5-4-6-9-18/h4-11H,3,12-16H2,1-2H3. The maximum atomic E-state index is 14.6. The minimum atomic E-state index is -0.334. The highest BCUT2D eigenvalue weighted by atomic mass is 35.5. The Bertz CT molecular complexity index is 1090. The van der Waals surface area contributed by atoms with Crippen LogP contribution in [0.3, 0.4) is 0 Å². The third kappa shape index (κ3) is 4.60. The second kappa shape index (κ2) is 9.65. The predicted octanol–water partition coefficient (Wildman–Crippen LogP) is 4.76. The number of halogens is 2. The van der Waals surface area contributed by atoms with Crippen molar-refractivity contribution in [2.45, 2.75) is 26.7 Å². The van der Waals surface area contributed by atoms with Crippen molar-refractivity contribution in [1.82, 2.24) is 14.9 Å². The molecule has 0 N–H and O–H groups in total. The minimum Gasteiger partial charge on any atom is -0.353 e. The fourth-order valence-electron chi connectivity index (χ4n) is 4.08. The van der Waals surface area contributed by atoms with Crippen LogP contribution in [0.4, 0.5) is 10.2 Å². The Morgan fingerprint density at radius 3 is 2.34 bits per heavy atom. The van der Waals surface area contributed by atoms with Gasteiger partial charge in [0.25, 0.3) is 0 Å². The fourth-order valence-corrected chi connectivity index (χ4v) is 4.31. The Hall–Kier alpha value is -2.99. The van der Waals surface area contributed by atoms with Gasteiger partial charge in [-0.1, -0.05) is 54.9 Å². The Morgan fingerprint density at radius 1 is 1.00 bits per heavy atom. The lowest BCUT2D eigenvalue weighted by molar-refractivity contribution is -0.129. The van der Waals surface area contributed by atoms with Crippen LogP contribution in [0.2, 0.25) is 5.02 Å². The van der Waals surface area contributed by atoms with Crippen molar-refractivity contribution in [2.24, 2.45) is 0 Å². The Labute approximate surface area is 192 Å². The van der Waals surface area contributed by atoms with E-state index in [9.17, 15) is 9.18 Å². The van der Waals surface area contributed by atoms with Crippen LogP contribution < -0.4 is 4.90 Å². The van der Waals surface area contributed by atoms with Gasteiger partial charge in [-0.2, -0.15) is 0 Å². The van der Waals surface area contributed by atoms with Crippen LogP contribution in [-0.4, -0.2) is 47.0 Å². The van der Waals surface area contributed by atoms with Crippen molar-refractivity contribution in [3.63, 3.8) is 0 Å². The number of nitrogens with zero attached hydrogens (tertiary/aromatic N) is 4. The van der Waals surface area contributed by atoms with Crippen molar-refractivity contribution in [1.29, 1.82) is 0 Å². The highest BCUT2D eigenvalue weighted by Gasteiger charge is 2.25. The van der Waals surface area contributed by atoms with Crippen LogP contribution in [0.1, 0.15) is 30.7 Å². The number of carbonyl (C=O) groups is 1. The summed E-state index contributed by atoms with van der Waals surface area (Å²) < 4.78 is 14.6. The Balaban J connectivity index is 1.81. The van der Waals surface area contributed by atoms with E-state index in [4.69, 9.17) is 21.6 Å². The summed E-state index contributed by atoms with van der Waals surface area (Å²) in [5.41, 5.74) is 3.14. The zero-order valence-corrected chi connectivity index (χ0v) is 19.1. The summed E-state index contributed by atoms with van der Waals surface area (Å²) in [7, 11) is 0. The molecule has 5 nitrogen and oxygen atoms in total. The number of anilines is 1. The smallest absolute Gasteiger partial charge is 0.219 e. The first-order valence-electron chi connectivity index (χ1n) is 10.9. The third-order valence-electron chi connectivity index (χ3n) is 5.88. The van der Waals surface area contributed by atoms with E-state index in [1.165, 1.54) is 6.07 Å². The number of aromatic nitrogens is 2. The molecular weight excluding hydrogens is 427 g/mol. The molecule has 2 heterocycles. The number of benzene rings is 2. The van der Waals surface area contributed by atoms with Crippen molar-refractivity contribution >= 4 is 23.3 Å². The van der Waals surface area contributed by atoms with Crippen LogP contribution in [0.5, 0.6) is 0 Å². The van der Waals surface area contributed by atoms with Crippen LogP contribution in [0, 0.1) is 5.82 Å². The highest BCUT2D eigenvalue weighted by molar-refractivity contribution is 6.31. The molecule has 1 aliphatic heterocycles. The molecule has 0 spiro atoms. The number of amides is 1. The Kier molecular flexibility index (Phi) is 6.70. The minimum absolute atomic E-state index is 0.0740. The molecule has 4 rings (SSSR count). The molecule has 0 bridgehead atoms. The third-order valence-corrected chi connectivity index (χ3v) is 6.23. The number of hydrogen-bond acceptors (Lipinski definition) is 4. The molecule has 1 saturated heterocycles. The summed E-state index contributed by atoms with van der Waals surface area (Å²) in [4.78, 5) is 25.6. The topological polar surface area (TPSA) is 49.3 Å². The summed E-state index contributed by atoms with van der Waals surface area (Å²) in [5, 5.41) is 0.395. The largest absolute Gasteiger partial charge is 0.353 e. The molecule has 1 fully saturated rings. The van der Waals surface area contributed by atoms with E-state index in [-0.39, 0.29) is 11.7 Å². The van der Waals surface area contributed by atoms with Crippen LogP contribution in [-0.2, 0) is 17.6 Å². The monoisotopic (exact) mass is 452 g/mol. The van der Waals surface area contributed by atoms with E-state index in [1.807, 2.05) is 42.2 Å². The van der Waals surface area contributed by atoms with E-state index in [2.05, 4.69) is 4.90 Å². The van der Waals surface area contributed by atoms with Gasteiger partial charge in [0.05, 0.1) is 0 Å². The quantitative estimate of drug-likeness (QED) is 0.560. The van der Waals surface area contributed by atoms with Crippen molar-refractivity contribution < 1.29 is 9.18 Å². The summed E-state index contributed by atoms with van der Waals surface area (Å²) in [6.45, 7) is 6.20. The van der Waals surface area contributed by atoms with Gasteiger partial charge in [-0.15, -0.1) is 0 Å². The molecule has 0 saturated carbocycles. The second-order valence-corrected chi connectivity index (χ2v) is 8.29. The average molecular weight is 453 g/mol. The van der Waals surface area contributed by atoms with Gasteiger partial charge in [0, 0.05) is 66.9 Å².